The number of amides is 1. The van der Waals surface area contributed by atoms with Crippen LogP contribution in [0.2, 0.25) is 0 Å². The van der Waals surface area contributed by atoms with Crippen LogP contribution in [-0.2, 0) is 0 Å². The summed E-state index contributed by atoms with van der Waals surface area (Å²) in [4.78, 5) is 19.2. The van der Waals surface area contributed by atoms with Crippen LogP contribution in [0.1, 0.15) is 29.6 Å². The second-order valence-electron chi connectivity index (χ2n) is 7.02. The summed E-state index contributed by atoms with van der Waals surface area (Å²) in [5, 5.41) is 7.02. The zero-order valence-electron chi connectivity index (χ0n) is 15.8. The van der Waals surface area contributed by atoms with Gasteiger partial charge < -0.3 is 14.7 Å². The van der Waals surface area contributed by atoms with Crippen LogP contribution in [0.25, 0.3) is 22.8 Å². The zero-order chi connectivity index (χ0) is 19.2. The molecule has 1 aliphatic rings. The second-order valence-corrected chi connectivity index (χ2v) is 7.02. The number of nitrogens with zero attached hydrogens (tertiary/aromatic N) is 3. The summed E-state index contributed by atoms with van der Waals surface area (Å²) in [6.07, 6.45) is 3.57. The van der Waals surface area contributed by atoms with E-state index in [-0.39, 0.29) is 5.91 Å². The number of nitrogens with one attached hydrogen (secondary N) is 1. The van der Waals surface area contributed by atoms with Gasteiger partial charge in [0.2, 0.25) is 5.82 Å². The summed E-state index contributed by atoms with van der Waals surface area (Å²) in [6, 6.07) is 16.9. The molecule has 0 atom stereocenters. The topological polar surface area (TPSA) is 71.3 Å². The third-order valence-corrected chi connectivity index (χ3v) is 4.99. The van der Waals surface area contributed by atoms with E-state index in [0.717, 1.165) is 24.1 Å². The number of carbonyl (C=O) groups excluding carboxylic acids is 1. The van der Waals surface area contributed by atoms with E-state index in [2.05, 4.69) is 20.4 Å². The largest absolute Gasteiger partial charge is 0.352 e. The van der Waals surface area contributed by atoms with Crippen LogP contribution in [0.4, 0.5) is 0 Å². The number of hydrogen-bond donors (Lipinski definition) is 1. The van der Waals surface area contributed by atoms with Gasteiger partial charge >= 0.3 is 0 Å². The van der Waals surface area contributed by atoms with Gasteiger partial charge in [0.1, 0.15) is 0 Å². The van der Waals surface area contributed by atoms with Crippen molar-refractivity contribution in [3.8, 4) is 22.8 Å². The van der Waals surface area contributed by atoms with Gasteiger partial charge in [-0.2, -0.15) is 4.98 Å². The van der Waals surface area contributed by atoms with Crippen molar-refractivity contribution in [3.05, 3.63) is 60.2 Å². The molecular weight excluding hydrogens is 352 g/mol. The summed E-state index contributed by atoms with van der Waals surface area (Å²) in [5.74, 6) is 0.940. The van der Waals surface area contributed by atoms with Gasteiger partial charge in [-0.15, -0.1) is 0 Å². The van der Waals surface area contributed by atoms with E-state index >= 15 is 0 Å². The Bertz CT molecular complexity index is 900. The normalized spacial score (nSPS) is 14.3. The van der Waals surface area contributed by atoms with Crippen LogP contribution >= 0.6 is 0 Å². The fourth-order valence-electron chi connectivity index (χ4n) is 3.42. The first-order valence-electron chi connectivity index (χ1n) is 9.80. The summed E-state index contributed by atoms with van der Waals surface area (Å²) < 4.78 is 5.37. The van der Waals surface area contributed by atoms with Crippen molar-refractivity contribution in [1.29, 1.82) is 0 Å². The molecule has 1 aliphatic heterocycles. The molecule has 1 saturated heterocycles. The lowest BCUT2D eigenvalue weighted by Crippen LogP contribution is -2.28. The molecular formula is C22H24N4O2. The van der Waals surface area contributed by atoms with Crippen LogP contribution in [-0.4, -0.2) is 47.1 Å². The average Bonchev–Trinajstić information content (AvgIpc) is 3.44. The fraction of sp³-hybridized carbons (Fsp3) is 0.318. The highest BCUT2D eigenvalue weighted by molar-refractivity contribution is 5.94. The predicted octanol–water partition coefficient (Wildman–Crippen LogP) is 3.62. The fourth-order valence-corrected chi connectivity index (χ4v) is 3.42. The monoisotopic (exact) mass is 376 g/mol. The van der Waals surface area contributed by atoms with Gasteiger partial charge in [-0.05, 0) is 63.2 Å². The number of likely N-dealkylation sites (tertiary alicyclic amines) is 1. The van der Waals surface area contributed by atoms with Crippen molar-refractivity contribution in [1.82, 2.24) is 20.4 Å². The highest BCUT2D eigenvalue weighted by Crippen LogP contribution is 2.22. The predicted molar refractivity (Wildman–Crippen MR) is 108 cm³/mol. The Labute approximate surface area is 164 Å². The smallest absolute Gasteiger partial charge is 0.258 e. The minimum Gasteiger partial charge on any atom is -0.352 e. The van der Waals surface area contributed by atoms with Gasteiger partial charge in [-0.3, -0.25) is 4.79 Å². The van der Waals surface area contributed by atoms with Gasteiger partial charge in [0, 0.05) is 23.2 Å². The number of rotatable bonds is 7. The lowest BCUT2D eigenvalue weighted by molar-refractivity contribution is 0.0952. The lowest BCUT2D eigenvalue weighted by atomic mass is 10.1. The maximum atomic E-state index is 12.3. The molecule has 4 rings (SSSR count). The van der Waals surface area contributed by atoms with E-state index in [9.17, 15) is 4.79 Å². The maximum Gasteiger partial charge on any atom is 0.258 e. The third-order valence-electron chi connectivity index (χ3n) is 4.99. The van der Waals surface area contributed by atoms with Crippen LogP contribution < -0.4 is 5.32 Å². The Kier molecular flexibility index (Phi) is 5.77. The van der Waals surface area contributed by atoms with Gasteiger partial charge in [0.15, 0.2) is 0 Å². The summed E-state index contributed by atoms with van der Waals surface area (Å²) in [7, 11) is 0. The van der Waals surface area contributed by atoms with Crippen molar-refractivity contribution in [2.24, 2.45) is 0 Å². The lowest BCUT2D eigenvalue weighted by Gasteiger charge is -2.14. The quantitative estimate of drug-likeness (QED) is 0.638. The van der Waals surface area contributed by atoms with Gasteiger partial charge in [-0.25, -0.2) is 0 Å². The Hall–Kier alpha value is -2.99. The summed E-state index contributed by atoms with van der Waals surface area (Å²) in [6.45, 7) is 4.13. The first-order chi connectivity index (χ1) is 13.8. The molecule has 6 nitrogen and oxygen atoms in total. The number of hydrogen-bond acceptors (Lipinski definition) is 5. The number of aromatic nitrogens is 2. The molecule has 28 heavy (non-hydrogen) atoms. The van der Waals surface area contributed by atoms with Crippen LogP contribution in [0, 0.1) is 0 Å². The molecule has 2 aromatic carbocycles. The van der Waals surface area contributed by atoms with E-state index in [1.807, 2.05) is 42.5 Å². The minimum absolute atomic E-state index is 0.0523. The van der Waals surface area contributed by atoms with Crippen molar-refractivity contribution in [2.75, 3.05) is 26.2 Å². The van der Waals surface area contributed by atoms with Crippen molar-refractivity contribution in [3.63, 3.8) is 0 Å². The highest BCUT2D eigenvalue weighted by atomic mass is 16.5. The first-order valence-corrected chi connectivity index (χ1v) is 9.80. The van der Waals surface area contributed by atoms with Crippen LogP contribution in [0.15, 0.2) is 59.1 Å². The van der Waals surface area contributed by atoms with Crippen molar-refractivity contribution in [2.45, 2.75) is 19.3 Å². The van der Waals surface area contributed by atoms with Crippen LogP contribution in [0.3, 0.4) is 0 Å². The molecule has 1 aromatic heterocycles. The molecule has 1 N–H and O–H groups in total. The Morgan fingerprint density at radius 2 is 1.75 bits per heavy atom. The zero-order valence-corrected chi connectivity index (χ0v) is 15.8. The number of carbonyl (C=O) groups is 1. The highest BCUT2D eigenvalue weighted by Gasteiger charge is 2.13. The van der Waals surface area contributed by atoms with Gasteiger partial charge in [0.05, 0.1) is 0 Å². The van der Waals surface area contributed by atoms with Crippen molar-refractivity contribution >= 4 is 5.91 Å². The van der Waals surface area contributed by atoms with Gasteiger partial charge in [0.25, 0.3) is 11.8 Å². The SMILES string of the molecule is O=C(NCCCN1CCCC1)c1ccc(-c2nc(-c3ccccc3)no2)cc1. The molecule has 2 heterocycles. The third kappa shape index (κ3) is 4.46. The van der Waals surface area contributed by atoms with Crippen LogP contribution in [0.5, 0.6) is 0 Å². The molecule has 1 amide bonds. The van der Waals surface area contributed by atoms with E-state index in [1.165, 1.54) is 25.9 Å². The molecule has 0 aliphatic carbocycles. The van der Waals surface area contributed by atoms with E-state index < -0.39 is 0 Å². The number of benzene rings is 2. The average molecular weight is 376 g/mol. The molecule has 0 unspecified atom stereocenters. The molecule has 0 radical (unpaired) electrons. The molecule has 1 fully saturated rings. The molecule has 3 aromatic rings. The second kappa shape index (κ2) is 8.80. The Balaban J connectivity index is 1.32. The molecule has 0 saturated carbocycles. The Morgan fingerprint density at radius 1 is 1.00 bits per heavy atom. The summed E-state index contributed by atoms with van der Waals surface area (Å²) >= 11 is 0. The van der Waals surface area contributed by atoms with E-state index in [1.54, 1.807) is 12.1 Å². The molecule has 0 bridgehead atoms. The standard InChI is InChI=1S/C22H24N4O2/c27-21(23-13-6-16-26-14-4-5-15-26)18-9-11-19(12-10-18)22-24-20(25-28-22)17-7-2-1-3-8-17/h1-3,7-12H,4-6,13-16H2,(H,23,27). The summed E-state index contributed by atoms with van der Waals surface area (Å²) in [5.41, 5.74) is 2.33. The minimum atomic E-state index is -0.0523. The molecule has 144 valence electrons. The van der Waals surface area contributed by atoms with Crippen molar-refractivity contribution < 1.29 is 9.32 Å². The molecule has 0 spiro atoms. The maximum absolute atomic E-state index is 12.3. The Morgan fingerprint density at radius 3 is 2.50 bits per heavy atom. The molecule has 6 heteroatoms. The first kappa shape index (κ1) is 18.4. The van der Waals surface area contributed by atoms with Gasteiger partial charge in [-0.1, -0.05) is 35.5 Å². The van der Waals surface area contributed by atoms with E-state index in [0.29, 0.717) is 23.8 Å². The van der Waals surface area contributed by atoms with E-state index in [4.69, 9.17) is 4.52 Å².